The highest BCUT2D eigenvalue weighted by Crippen LogP contribution is 2.43. The van der Waals surface area contributed by atoms with E-state index in [-0.39, 0.29) is 0 Å². The van der Waals surface area contributed by atoms with Gasteiger partial charge in [-0.05, 0) is 68.2 Å². The summed E-state index contributed by atoms with van der Waals surface area (Å²) in [6.45, 7) is 1.10. The lowest BCUT2D eigenvalue weighted by Crippen LogP contribution is -2.35. The van der Waals surface area contributed by atoms with Gasteiger partial charge in [0.2, 0.25) is 0 Å². The van der Waals surface area contributed by atoms with Gasteiger partial charge in [-0.1, -0.05) is 36.6 Å². The lowest BCUT2D eigenvalue weighted by molar-refractivity contribution is 0.262. The van der Waals surface area contributed by atoms with Gasteiger partial charge in [0.1, 0.15) is 0 Å². The number of nitrogens with one attached hydrogen (secondary N) is 1. The highest BCUT2D eigenvalue weighted by molar-refractivity contribution is 6.30. The van der Waals surface area contributed by atoms with Crippen LogP contribution in [0.2, 0.25) is 5.02 Å². The van der Waals surface area contributed by atoms with Gasteiger partial charge < -0.3 is 5.32 Å². The van der Waals surface area contributed by atoms with Crippen molar-refractivity contribution in [3.05, 3.63) is 34.9 Å². The van der Waals surface area contributed by atoms with Crippen molar-refractivity contribution in [3.63, 3.8) is 0 Å². The van der Waals surface area contributed by atoms with E-state index in [1.807, 2.05) is 12.1 Å². The molecule has 2 atom stereocenters. The van der Waals surface area contributed by atoms with E-state index in [1.54, 1.807) is 0 Å². The minimum atomic E-state index is 0.770. The standard InChI is InChI=1S/C17H24ClN/c18-16-8-4-13(5-9-16)10-11-19-17-3-1-2-15(12-17)14-6-7-14/h4-5,8-9,14-15,17,19H,1-3,6-7,10-12H2. The van der Waals surface area contributed by atoms with Gasteiger partial charge in [0, 0.05) is 11.1 Å². The van der Waals surface area contributed by atoms with Crippen molar-refractivity contribution in [3.8, 4) is 0 Å². The van der Waals surface area contributed by atoms with Crippen LogP contribution in [0.3, 0.4) is 0 Å². The average molecular weight is 278 g/mol. The second-order valence-electron chi connectivity index (χ2n) is 6.29. The third kappa shape index (κ3) is 3.97. The van der Waals surface area contributed by atoms with E-state index in [2.05, 4.69) is 17.4 Å². The number of hydrogen-bond donors (Lipinski definition) is 1. The highest BCUT2D eigenvalue weighted by atomic mass is 35.5. The van der Waals surface area contributed by atoms with Gasteiger partial charge in [0.25, 0.3) is 0 Å². The van der Waals surface area contributed by atoms with E-state index in [9.17, 15) is 0 Å². The molecule has 1 aromatic rings. The smallest absolute Gasteiger partial charge is 0.0406 e. The molecule has 2 aliphatic rings. The Morgan fingerprint density at radius 1 is 1.00 bits per heavy atom. The summed E-state index contributed by atoms with van der Waals surface area (Å²) >= 11 is 5.90. The Labute approximate surface area is 121 Å². The molecule has 2 aliphatic carbocycles. The first-order valence-electron chi connectivity index (χ1n) is 7.79. The van der Waals surface area contributed by atoms with Crippen LogP contribution in [0.25, 0.3) is 0 Å². The maximum Gasteiger partial charge on any atom is 0.0406 e. The van der Waals surface area contributed by atoms with E-state index in [4.69, 9.17) is 11.6 Å². The van der Waals surface area contributed by atoms with Crippen molar-refractivity contribution in [1.82, 2.24) is 5.32 Å². The minimum Gasteiger partial charge on any atom is -0.314 e. The van der Waals surface area contributed by atoms with E-state index in [0.29, 0.717) is 0 Å². The van der Waals surface area contributed by atoms with Crippen LogP contribution in [-0.4, -0.2) is 12.6 Å². The third-order valence-electron chi connectivity index (χ3n) is 4.76. The molecule has 0 aliphatic heterocycles. The summed E-state index contributed by atoms with van der Waals surface area (Å²) in [5.74, 6) is 2.11. The maximum atomic E-state index is 5.90. The fourth-order valence-corrected chi connectivity index (χ4v) is 3.61. The van der Waals surface area contributed by atoms with Crippen molar-refractivity contribution < 1.29 is 0 Å². The van der Waals surface area contributed by atoms with Crippen LogP contribution >= 0.6 is 11.6 Å². The predicted octanol–water partition coefficient (Wildman–Crippen LogP) is 4.44. The summed E-state index contributed by atoms with van der Waals surface area (Å²) < 4.78 is 0. The van der Waals surface area contributed by atoms with Gasteiger partial charge in [-0.3, -0.25) is 0 Å². The zero-order valence-corrected chi connectivity index (χ0v) is 12.3. The van der Waals surface area contributed by atoms with Gasteiger partial charge in [0.05, 0.1) is 0 Å². The topological polar surface area (TPSA) is 12.0 Å². The molecule has 0 aromatic heterocycles. The van der Waals surface area contributed by atoms with E-state index >= 15 is 0 Å². The van der Waals surface area contributed by atoms with Crippen LogP contribution in [0.5, 0.6) is 0 Å². The maximum absolute atomic E-state index is 5.90. The molecule has 3 rings (SSSR count). The zero-order valence-electron chi connectivity index (χ0n) is 11.6. The lowest BCUT2D eigenvalue weighted by Gasteiger charge is -2.30. The first kappa shape index (κ1) is 13.5. The molecule has 104 valence electrons. The molecule has 2 unspecified atom stereocenters. The van der Waals surface area contributed by atoms with E-state index in [1.165, 1.54) is 44.1 Å². The van der Waals surface area contributed by atoms with Crippen LogP contribution in [0.1, 0.15) is 44.1 Å². The van der Waals surface area contributed by atoms with Gasteiger partial charge in [0.15, 0.2) is 0 Å². The average Bonchev–Trinajstić information content (AvgIpc) is 3.26. The van der Waals surface area contributed by atoms with Crippen molar-refractivity contribution in [2.45, 2.75) is 51.0 Å². The number of hydrogen-bond acceptors (Lipinski definition) is 1. The molecule has 0 bridgehead atoms. The SMILES string of the molecule is Clc1ccc(CCNC2CCCC(C3CC3)C2)cc1. The van der Waals surface area contributed by atoms with Crippen molar-refractivity contribution >= 4 is 11.6 Å². The fourth-order valence-electron chi connectivity index (χ4n) is 3.48. The molecular formula is C17H24ClN. The normalized spacial score (nSPS) is 27.4. The van der Waals surface area contributed by atoms with Crippen LogP contribution in [0, 0.1) is 11.8 Å². The van der Waals surface area contributed by atoms with Gasteiger partial charge in [-0.25, -0.2) is 0 Å². The second-order valence-corrected chi connectivity index (χ2v) is 6.73. The van der Waals surface area contributed by atoms with Crippen LogP contribution in [-0.2, 0) is 6.42 Å². The molecule has 0 spiro atoms. The first-order valence-corrected chi connectivity index (χ1v) is 8.17. The Balaban J connectivity index is 1.40. The molecule has 0 heterocycles. The van der Waals surface area contributed by atoms with Crippen LogP contribution in [0.15, 0.2) is 24.3 Å². The molecule has 0 saturated heterocycles. The number of benzene rings is 1. The lowest BCUT2D eigenvalue weighted by atomic mass is 9.82. The molecule has 0 radical (unpaired) electrons. The molecule has 2 saturated carbocycles. The Morgan fingerprint density at radius 2 is 1.79 bits per heavy atom. The minimum absolute atomic E-state index is 0.770. The highest BCUT2D eigenvalue weighted by Gasteiger charge is 2.34. The quantitative estimate of drug-likeness (QED) is 0.839. The summed E-state index contributed by atoms with van der Waals surface area (Å²) in [4.78, 5) is 0. The summed E-state index contributed by atoms with van der Waals surface area (Å²) in [7, 11) is 0. The van der Waals surface area contributed by atoms with Crippen LogP contribution < -0.4 is 5.32 Å². The van der Waals surface area contributed by atoms with Crippen molar-refractivity contribution in [1.29, 1.82) is 0 Å². The molecule has 1 N–H and O–H groups in total. The summed E-state index contributed by atoms with van der Waals surface area (Å²) in [5.41, 5.74) is 1.38. The van der Waals surface area contributed by atoms with E-state index in [0.717, 1.165) is 35.9 Å². The number of halogens is 1. The van der Waals surface area contributed by atoms with Crippen LogP contribution in [0.4, 0.5) is 0 Å². The summed E-state index contributed by atoms with van der Waals surface area (Å²) in [6.07, 6.45) is 9.83. The molecule has 0 amide bonds. The molecule has 1 nitrogen and oxygen atoms in total. The molecule has 1 aromatic carbocycles. The van der Waals surface area contributed by atoms with Gasteiger partial charge >= 0.3 is 0 Å². The number of rotatable bonds is 5. The Hall–Kier alpha value is -0.530. The first-order chi connectivity index (χ1) is 9.31. The van der Waals surface area contributed by atoms with Gasteiger partial charge in [-0.15, -0.1) is 0 Å². The summed E-state index contributed by atoms with van der Waals surface area (Å²) in [6, 6.07) is 9.02. The third-order valence-corrected chi connectivity index (χ3v) is 5.02. The fraction of sp³-hybridized carbons (Fsp3) is 0.647. The Morgan fingerprint density at radius 3 is 2.53 bits per heavy atom. The Kier molecular flexibility index (Phi) is 4.45. The van der Waals surface area contributed by atoms with Crippen molar-refractivity contribution in [2.24, 2.45) is 11.8 Å². The summed E-state index contributed by atoms with van der Waals surface area (Å²) in [5, 5.41) is 4.59. The monoisotopic (exact) mass is 277 g/mol. The molecule has 2 fully saturated rings. The van der Waals surface area contributed by atoms with Gasteiger partial charge in [-0.2, -0.15) is 0 Å². The molecular weight excluding hydrogens is 254 g/mol. The molecule has 2 heteroatoms. The molecule has 19 heavy (non-hydrogen) atoms. The zero-order chi connectivity index (χ0) is 13.1. The largest absolute Gasteiger partial charge is 0.314 e. The van der Waals surface area contributed by atoms with E-state index < -0.39 is 0 Å². The second kappa shape index (κ2) is 6.28. The predicted molar refractivity (Wildman–Crippen MR) is 81.6 cm³/mol. The Bertz CT molecular complexity index is 396. The van der Waals surface area contributed by atoms with Crippen molar-refractivity contribution in [2.75, 3.05) is 6.54 Å².